The molecule has 3 aliphatic heterocycles. The molecule has 0 aromatic carbocycles. The standard InChI is InChI=1S/C22H34N4O3/c27-20-7-8-22(16-26(20)14-18-6-3-13-28-18)9-11-25(12-10-22)15-19-23-21(29-24-19)17-4-1-2-5-17/h17-18H,1-16H2/t18-/m1/s1. The Morgan fingerprint density at radius 3 is 2.66 bits per heavy atom. The Hall–Kier alpha value is -1.47. The number of piperidine rings is 2. The van der Waals surface area contributed by atoms with Crippen molar-refractivity contribution in [2.75, 3.05) is 32.8 Å². The lowest BCUT2D eigenvalue weighted by atomic mass is 9.72. The van der Waals surface area contributed by atoms with E-state index >= 15 is 0 Å². The zero-order chi connectivity index (χ0) is 19.7. The van der Waals surface area contributed by atoms with Crippen LogP contribution in [0.5, 0.6) is 0 Å². The second kappa shape index (κ2) is 8.34. The maximum Gasteiger partial charge on any atom is 0.229 e. The minimum absolute atomic E-state index is 0.251. The molecule has 1 amide bonds. The van der Waals surface area contributed by atoms with E-state index in [9.17, 15) is 4.79 Å². The fourth-order valence-electron chi connectivity index (χ4n) is 5.77. The van der Waals surface area contributed by atoms with Crippen molar-refractivity contribution in [2.45, 2.75) is 82.8 Å². The highest BCUT2D eigenvalue weighted by molar-refractivity contribution is 5.77. The molecule has 7 heteroatoms. The molecule has 0 N–H and O–H groups in total. The van der Waals surface area contributed by atoms with Gasteiger partial charge in [0.25, 0.3) is 0 Å². The van der Waals surface area contributed by atoms with Gasteiger partial charge >= 0.3 is 0 Å². The molecule has 29 heavy (non-hydrogen) atoms. The minimum Gasteiger partial charge on any atom is -0.376 e. The second-order valence-electron chi connectivity index (χ2n) is 9.72. The summed E-state index contributed by atoms with van der Waals surface area (Å²) < 4.78 is 11.3. The zero-order valence-corrected chi connectivity index (χ0v) is 17.5. The first-order valence-electron chi connectivity index (χ1n) is 11.6. The van der Waals surface area contributed by atoms with Crippen molar-refractivity contribution in [3.8, 4) is 0 Å². The molecule has 4 aliphatic rings. The summed E-state index contributed by atoms with van der Waals surface area (Å²) in [4.78, 5) is 21.7. The van der Waals surface area contributed by atoms with Gasteiger partial charge in [-0.3, -0.25) is 9.69 Å². The number of carbonyl (C=O) groups is 1. The molecule has 1 spiro atoms. The SMILES string of the molecule is O=C1CCC2(CCN(Cc3noc(C4CCCC4)n3)CC2)CN1C[C@H]1CCCO1. The molecule has 1 aromatic rings. The first-order chi connectivity index (χ1) is 14.2. The van der Waals surface area contributed by atoms with Crippen LogP contribution in [0.25, 0.3) is 0 Å². The molecule has 3 saturated heterocycles. The molecule has 160 valence electrons. The van der Waals surface area contributed by atoms with Gasteiger partial charge in [0.1, 0.15) is 0 Å². The summed E-state index contributed by atoms with van der Waals surface area (Å²) in [5, 5.41) is 4.24. The number of hydrogen-bond acceptors (Lipinski definition) is 6. The molecule has 7 nitrogen and oxygen atoms in total. The van der Waals surface area contributed by atoms with E-state index in [1.165, 1.54) is 25.7 Å². The van der Waals surface area contributed by atoms with Gasteiger partial charge in [-0.15, -0.1) is 0 Å². The summed E-state index contributed by atoms with van der Waals surface area (Å²) in [6.45, 7) is 5.44. The quantitative estimate of drug-likeness (QED) is 0.754. The Bertz CT molecular complexity index is 701. The number of amides is 1. The van der Waals surface area contributed by atoms with E-state index in [1.807, 2.05) is 0 Å². The van der Waals surface area contributed by atoms with Crippen LogP contribution in [0.3, 0.4) is 0 Å². The van der Waals surface area contributed by atoms with Crippen molar-refractivity contribution in [2.24, 2.45) is 5.41 Å². The maximum absolute atomic E-state index is 12.5. The van der Waals surface area contributed by atoms with Crippen LogP contribution in [0.2, 0.25) is 0 Å². The fraction of sp³-hybridized carbons (Fsp3) is 0.864. The number of carbonyl (C=O) groups excluding carboxylic acids is 1. The van der Waals surface area contributed by atoms with E-state index in [0.29, 0.717) is 18.2 Å². The smallest absolute Gasteiger partial charge is 0.229 e. The average Bonchev–Trinajstić information content (AvgIpc) is 3.49. The van der Waals surface area contributed by atoms with Crippen LogP contribution in [0.15, 0.2) is 4.52 Å². The van der Waals surface area contributed by atoms with Crippen LogP contribution in [0.1, 0.15) is 81.8 Å². The van der Waals surface area contributed by atoms with Gasteiger partial charge < -0.3 is 14.2 Å². The van der Waals surface area contributed by atoms with Gasteiger partial charge in [-0.05, 0) is 63.5 Å². The van der Waals surface area contributed by atoms with Gasteiger partial charge in [-0.1, -0.05) is 18.0 Å². The Balaban J connectivity index is 1.14. The summed E-state index contributed by atoms with van der Waals surface area (Å²) in [5.41, 5.74) is 0.287. The molecule has 0 bridgehead atoms. The Morgan fingerprint density at radius 1 is 1.07 bits per heavy atom. The Kier molecular flexibility index (Phi) is 5.61. The lowest BCUT2D eigenvalue weighted by Crippen LogP contribution is -2.52. The highest BCUT2D eigenvalue weighted by Crippen LogP contribution is 2.41. The number of nitrogens with zero attached hydrogens (tertiary/aromatic N) is 4. The second-order valence-corrected chi connectivity index (χ2v) is 9.72. The molecule has 5 rings (SSSR count). The van der Waals surface area contributed by atoms with Crippen LogP contribution < -0.4 is 0 Å². The number of aromatic nitrogens is 2. The van der Waals surface area contributed by atoms with Gasteiger partial charge in [0.05, 0.1) is 12.6 Å². The highest BCUT2D eigenvalue weighted by Gasteiger charge is 2.41. The van der Waals surface area contributed by atoms with Crippen LogP contribution in [0.4, 0.5) is 0 Å². The van der Waals surface area contributed by atoms with Gasteiger partial charge in [-0.25, -0.2) is 0 Å². The third-order valence-corrected chi connectivity index (χ3v) is 7.67. The lowest BCUT2D eigenvalue weighted by molar-refractivity contribution is -0.141. The predicted octanol–water partition coefficient (Wildman–Crippen LogP) is 3.11. The summed E-state index contributed by atoms with van der Waals surface area (Å²) in [5.74, 6) is 2.48. The maximum atomic E-state index is 12.5. The van der Waals surface area contributed by atoms with Crippen LogP contribution in [0, 0.1) is 5.41 Å². The third-order valence-electron chi connectivity index (χ3n) is 7.67. The normalized spacial score (nSPS) is 28.6. The molecular formula is C22H34N4O3. The van der Waals surface area contributed by atoms with Crippen LogP contribution in [-0.2, 0) is 16.1 Å². The number of rotatable bonds is 5. The van der Waals surface area contributed by atoms with E-state index in [4.69, 9.17) is 9.26 Å². The van der Waals surface area contributed by atoms with E-state index in [0.717, 1.165) is 83.1 Å². The van der Waals surface area contributed by atoms with Crippen molar-refractivity contribution < 1.29 is 14.1 Å². The fourth-order valence-corrected chi connectivity index (χ4v) is 5.77. The summed E-state index contributed by atoms with van der Waals surface area (Å²) >= 11 is 0. The Morgan fingerprint density at radius 2 is 1.90 bits per heavy atom. The summed E-state index contributed by atoms with van der Waals surface area (Å²) in [6, 6.07) is 0. The van der Waals surface area contributed by atoms with Crippen LogP contribution >= 0.6 is 0 Å². The van der Waals surface area contributed by atoms with Crippen LogP contribution in [-0.4, -0.2) is 64.7 Å². The molecule has 1 aliphatic carbocycles. The molecular weight excluding hydrogens is 368 g/mol. The van der Waals surface area contributed by atoms with Gasteiger partial charge in [0.2, 0.25) is 11.8 Å². The number of hydrogen-bond donors (Lipinski definition) is 0. The van der Waals surface area contributed by atoms with Crippen molar-refractivity contribution >= 4 is 5.91 Å². The van der Waals surface area contributed by atoms with Gasteiger partial charge in [0, 0.05) is 32.0 Å². The first kappa shape index (κ1) is 19.5. The number of ether oxygens (including phenoxy) is 1. The van der Waals surface area contributed by atoms with E-state index in [-0.39, 0.29) is 11.5 Å². The predicted molar refractivity (Wildman–Crippen MR) is 107 cm³/mol. The third kappa shape index (κ3) is 4.36. The lowest BCUT2D eigenvalue weighted by Gasteiger charge is -2.47. The summed E-state index contributed by atoms with van der Waals surface area (Å²) in [7, 11) is 0. The van der Waals surface area contributed by atoms with Gasteiger partial charge in [-0.2, -0.15) is 4.98 Å². The monoisotopic (exact) mass is 402 g/mol. The molecule has 1 saturated carbocycles. The van der Waals surface area contributed by atoms with E-state index in [1.54, 1.807) is 0 Å². The average molecular weight is 403 g/mol. The number of likely N-dealkylation sites (tertiary alicyclic amines) is 2. The topological polar surface area (TPSA) is 71.7 Å². The molecule has 0 unspecified atom stereocenters. The molecule has 0 radical (unpaired) electrons. The molecule has 4 fully saturated rings. The largest absolute Gasteiger partial charge is 0.376 e. The Labute approximate surface area is 173 Å². The molecule has 4 heterocycles. The van der Waals surface area contributed by atoms with E-state index < -0.39 is 0 Å². The van der Waals surface area contributed by atoms with Crippen molar-refractivity contribution in [3.05, 3.63) is 11.7 Å². The van der Waals surface area contributed by atoms with Crippen molar-refractivity contribution in [3.63, 3.8) is 0 Å². The van der Waals surface area contributed by atoms with E-state index in [2.05, 4.69) is 19.9 Å². The minimum atomic E-state index is 0.251. The highest BCUT2D eigenvalue weighted by atomic mass is 16.5. The molecule has 1 atom stereocenters. The van der Waals surface area contributed by atoms with Crippen molar-refractivity contribution in [1.82, 2.24) is 19.9 Å². The zero-order valence-electron chi connectivity index (χ0n) is 17.5. The summed E-state index contributed by atoms with van der Waals surface area (Å²) in [6.07, 6.45) is 11.4. The van der Waals surface area contributed by atoms with Gasteiger partial charge in [0.15, 0.2) is 5.82 Å². The first-order valence-corrected chi connectivity index (χ1v) is 11.6. The molecule has 1 aromatic heterocycles. The van der Waals surface area contributed by atoms with Crippen molar-refractivity contribution in [1.29, 1.82) is 0 Å².